The number of carbonyl (C=O) groups excluding carboxylic acids is 1. The van der Waals surface area contributed by atoms with Crippen LogP contribution in [-0.2, 0) is 4.79 Å². The number of likely N-dealkylation sites (tertiary alicyclic amines) is 1. The van der Waals surface area contributed by atoms with Crippen molar-refractivity contribution in [2.45, 2.75) is 25.3 Å². The summed E-state index contributed by atoms with van der Waals surface area (Å²) in [5, 5.41) is 4.03. The zero-order valence-electron chi connectivity index (χ0n) is 14.2. The summed E-state index contributed by atoms with van der Waals surface area (Å²) < 4.78 is 18.4. The second kappa shape index (κ2) is 6.67. The predicted octanol–water partition coefficient (Wildman–Crippen LogP) is 3.35. The van der Waals surface area contributed by atoms with E-state index in [1.54, 1.807) is 29.3 Å². The summed E-state index contributed by atoms with van der Waals surface area (Å²) in [5.41, 5.74) is 1.50. The predicted molar refractivity (Wildman–Crippen MR) is 91.4 cm³/mol. The minimum Gasteiger partial charge on any atom is -0.335 e. The Morgan fingerprint density at radius 2 is 2.04 bits per heavy atom. The molecular formula is C19H17FN4O2. The molecule has 1 aliphatic rings. The molecule has 0 N–H and O–H groups in total. The Morgan fingerprint density at radius 3 is 2.77 bits per heavy atom. The van der Waals surface area contributed by atoms with Crippen molar-refractivity contribution in [3.8, 4) is 11.6 Å². The molecule has 6 nitrogen and oxygen atoms in total. The molecule has 0 radical (unpaired) electrons. The molecule has 3 aromatic rings. The van der Waals surface area contributed by atoms with Crippen molar-refractivity contribution in [1.82, 2.24) is 20.0 Å². The molecule has 0 saturated carbocycles. The number of amides is 1. The summed E-state index contributed by atoms with van der Waals surface area (Å²) in [6.07, 6.45) is 1.98. The van der Waals surface area contributed by atoms with Gasteiger partial charge in [0.05, 0.1) is 6.04 Å². The maximum Gasteiger partial charge on any atom is 0.276 e. The van der Waals surface area contributed by atoms with Crippen molar-refractivity contribution in [1.29, 1.82) is 0 Å². The second-order valence-electron chi connectivity index (χ2n) is 6.35. The SMILES string of the molecule is CC(c1ccc(F)cc1)N1CC(c2noc(-c3ccccn3)n2)CC1=O. The maximum atomic E-state index is 13.1. The topological polar surface area (TPSA) is 72.1 Å². The Labute approximate surface area is 149 Å². The first-order valence-corrected chi connectivity index (χ1v) is 8.42. The summed E-state index contributed by atoms with van der Waals surface area (Å²) in [6, 6.07) is 11.5. The van der Waals surface area contributed by atoms with Gasteiger partial charge in [-0.05, 0) is 36.8 Å². The Bertz CT molecular complexity index is 911. The van der Waals surface area contributed by atoms with E-state index in [0.29, 0.717) is 30.4 Å². The van der Waals surface area contributed by atoms with Gasteiger partial charge in [-0.15, -0.1) is 0 Å². The normalized spacial score (nSPS) is 18.3. The van der Waals surface area contributed by atoms with Crippen LogP contribution < -0.4 is 0 Å². The highest BCUT2D eigenvalue weighted by Crippen LogP contribution is 2.33. The van der Waals surface area contributed by atoms with Gasteiger partial charge >= 0.3 is 0 Å². The average Bonchev–Trinajstić information content (AvgIpc) is 3.29. The number of hydrogen-bond acceptors (Lipinski definition) is 5. The van der Waals surface area contributed by atoms with Crippen LogP contribution in [0.4, 0.5) is 4.39 Å². The van der Waals surface area contributed by atoms with Gasteiger partial charge in [-0.1, -0.05) is 23.4 Å². The number of rotatable bonds is 4. The fraction of sp³-hybridized carbons (Fsp3) is 0.263. The first kappa shape index (κ1) is 16.4. The number of nitrogens with zero attached hydrogens (tertiary/aromatic N) is 4. The van der Waals surface area contributed by atoms with Crippen molar-refractivity contribution in [2.24, 2.45) is 0 Å². The van der Waals surface area contributed by atoms with Crippen LogP contribution >= 0.6 is 0 Å². The highest BCUT2D eigenvalue weighted by Gasteiger charge is 2.36. The number of carbonyl (C=O) groups is 1. The van der Waals surface area contributed by atoms with Gasteiger partial charge in [0.15, 0.2) is 5.82 Å². The maximum absolute atomic E-state index is 13.1. The van der Waals surface area contributed by atoms with E-state index in [9.17, 15) is 9.18 Å². The Kier molecular flexibility index (Phi) is 4.20. The molecule has 1 saturated heterocycles. The molecule has 3 heterocycles. The van der Waals surface area contributed by atoms with Crippen LogP contribution in [-0.4, -0.2) is 32.5 Å². The largest absolute Gasteiger partial charge is 0.335 e. The molecule has 2 unspecified atom stereocenters. The second-order valence-corrected chi connectivity index (χ2v) is 6.35. The molecular weight excluding hydrogens is 335 g/mol. The van der Waals surface area contributed by atoms with Crippen LogP contribution in [0.15, 0.2) is 53.2 Å². The van der Waals surface area contributed by atoms with E-state index >= 15 is 0 Å². The summed E-state index contributed by atoms with van der Waals surface area (Å²) in [6.45, 7) is 2.43. The summed E-state index contributed by atoms with van der Waals surface area (Å²) in [7, 11) is 0. The van der Waals surface area contributed by atoms with Gasteiger partial charge in [-0.25, -0.2) is 4.39 Å². The van der Waals surface area contributed by atoms with E-state index in [1.807, 2.05) is 19.1 Å². The van der Waals surface area contributed by atoms with E-state index in [1.165, 1.54) is 12.1 Å². The lowest BCUT2D eigenvalue weighted by Crippen LogP contribution is -2.28. The minimum absolute atomic E-state index is 0.0241. The van der Waals surface area contributed by atoms with Crippen molar-refractivity contribution in [3.05, 3.63) is 65.9 Å². The van der Waals surface area contributed by atoms with Gasteiger partial charge in [-0.2, -0.15) is 4.98 Å². The summed E-state index contributed by atoms with van der Waals surface area (Å²) in [4.78, 5) is 22.8. The average molecular weight is 352 g/mol. The van der Waals surface area contributed by atoms with E-state index in [-0.39, 0.29) is 23.7 Å². The fourth-order valence-electron chi connectivity index (χ4n) is 3.19. The van der Waals surface area contributed by atoms with Crippen molar-refractivity contribution in [2.75, 3.05) is 6.54 Å². The van der Waals surface area contributed by atoms with Crippen molar-refractivity contribution >= 4 is 5.91 Å². The molecule has 7 heteroatoms. The van der Waals surface area contributed by atoms with E-state index < -0.39 is 0 Å². The molecule has 0 bridgehead atoms. The Hall–Kier alpha value is -3.09. The molecule has 2 atom stereocenters. The number of hydrogen-bond donors (Lipinski definition) is 0. The van der Waals surface area contributed by atoms with Crippen LogP contribution in [0.1, 0.15) is 36.7 Å². The van der Waals surface area contributed by atoms with Gasteiger partial charge in [0, 0.05) is 25.1 Å². The summed E-state index contributed by atoms with van der Waals surface area (Å²) >= 11 is 0. The lowest BCUT2D eigenvalue weighted by Gasteiger charge is -2.25. The monoisotopic (exact) mass is 352 g/mol. The van der Waals surface area contributed by atoms with E-state index in [0.717, 1.165) is 5.56 Å². The van der Waals surface area contributed by atoms with Gasteiger partial charge in [0.2, 0.25) is 5.91 Å². The number of benzene rings is 1. The number of aromatic nitrogens is 3. The minimum atomic E-state index is -0.291. The molecule has 0 aliphatic carbocycles. The molecule has 1 aromatic carbocycles. The highest BCUT2D eigenvalue weighted by atomic mass is 19.1. The lowest BCUT2D eigenvalue weighted by molar-refractivity contribution is -0.129. The van der Waals surface area contributed by atoms with E-state index in [2.05, 4.69) is 15.1 Å². The molecule has 2 aromatic heterocycles. The molecule has 26 heavy (non-hydrogen) atoms. The standard InChI is InChI=1S/C19H17FN4O2/c1-12(13-5-7-15(20)8-6-13)24-11-14(10-17(24)25)18-22-19(26-23-18)16-4-2-3-9-21-16/h2-9,12,14H,10-11H2,1H3. The molecule has 0 spiro atoms. The molecule has 132 valence electrons. The summed E-state index contributed by atoms with van der Waals surface area (Å²) in [5.74, 6) is 0.453. The third-order valence-corrected chi connectivity index (χ3v) is 4.67. The van der Waals surface area contributed by atoms with Gasteiger partial charge in [0.1, 0.15) is 11.5 Å². The van der Waals surface area contributed by atoms with Gasteiger partial charge in [-0.3, -0.25) is 9.78 Å². The number of halogens is 1. The van der Waals surface area contributed by atoms with Crippen molar-refractivity contribution < 1.29 is 13.7 Å². The van der Waals surface area contributed by atoms with Crippen LogP contribution in [0, 0.1) is 5.82 Å². The van der Waals surface area contributed by atoms with Gasteiger partial charge < -0.3 is 9.42 Å². The molecule has 4 rings (SSSR count). The fourth-order valence-corrected chi connectivity index (χ4v) is 3.19. The van der Waals surface area contributed by atoms with Crippen molar-refractivity contribution in [3.63, 3.8) is 0 Å². The molecule has 1 amide bonds. The zero-order valence-corrected chi connectivity index (χ0v) is 14.2. The quantitative estimate of drug-likeness (QED) is 0.720. The third kappa shape index (κ3) is 3.08. The first-order chi connectivity index (χ1) is 12.6. The highest BCUT2D eigenvalue weighted by molar-refractivity contribution is 5.80. The smallest absolute Gasteiger partial charge is 0.276 e. The van der Waals surface area contributed by atoms with Crippen LogP contribution in [0.3, 0.4) is 0 Å². The van der Waals surface area contributed by atoms with Crippen LogP contribution in [0.2, 0.25) is 0 Å². The van der Waals surface area contributed by atoms with E-state index in [4.69, 9.17) is 4.52 Å². The van der Waals surface area contributed by atoms with Gasteiger partial charge in [0.25, 0.3) is 5.89 Å². The molecule has 1 aliphatic heterocycles. The zero-order chi connectivity index (χ0) is 18.1. The van der Waals surface area contributed by atoms with Crippen LogP contribution in [0.25, 0.3) is 11.6 Å². The number of pyridine rings is 1. The van der Waals surface area contributed by atoms with Crippen LogP contribution in [0.5, 0.6) is 0 Å². The molecule has 1 fully saturated rings. The lowest BCUT2D eigenvalue weighted by atomic mass is 10.1. The Morgan fingerprint density at radius 1 is 1.23 bits per heavy atom. The first-order valence-electron chi connectivity index (χ1n) is 8.42. The third-order valence-electron chi connectivity index (χ3n) is 4.67. The Balaban J connectivity index is 1.51.